The smallest absolute Gasteiger partial charge is 0.319 e. The lowest BCUT2D eigenvalue weighted by Crippen LogP contribution is -2.32. The average molecular weight is 306 g/mol. The van der Waals surface area contributed by atoms with Gasteiger partial charge in [0.15, 0.2) is 0 Å². The Morgan fingerprint density at radius 1 is 1.19 bits per heavy atom. The van der Waals surface area contributed by atoms with E-state index in [-0.39, 0.29) is 6.54 Å². The summed E-state index contributed by atoms with van der Waals surface area (Å²) in [4.78, 5) is 11.7. The van der Waals surface area contributed by atoms with Crippen molar-refractivity contribution in [1.29, 1.82) is 0 Å². The molecule has 0 aliphatic heterocycles. The number of nitrogens with one attached hydrogen (secondary N) is 2. The molecule has 0 saturated heterocycles. The van der Waals surface area contributed by atoms with Crippen LogP contribution in [0.2, 0.25) is 5.02 Å². The van der Waals surface area contributed by atoms with Gasteiger partial charge in [0.25, 0.3) is 0 Å². The molecule has 0 spiro atoms. The highest BCUT2D eigenvalue weighted by molar-refractivity contribution is 6.33. The first-order valence-corrected chi connectivity index (χ1v) is 6.77. The molecule has 5 N–H and O–H groups in total. The summed E-state index contributed by atoms with van der Waals surface area (Å²) < 4.78 is 0. The Kier molecular flexibility index (Phi) is 5.03. The van der Waals surface area contributed by atoms with Crippen LogP contribution in [0.5, 0.6) is 0 Å². The van der Waals surface area contributed by atoms with Gasteiger partial charge in [0.1, 0.15) is 0 Å². The van der Waals surface area contributed by atoms with Crippen molar-refractivity contribution in [3.05, 3.63) is 59.1 Å². The Balaban J connectivity index is 1.86. The zero-order valence-electron chi connectivity index (χ0n) is 11.2. The van der Waals surface area contributed by atoms with Crippen molar-refractivity contribution >= 4 is 29.0 Å². The van der Waals surface area contributed by atoms with Crippen LogP contribution in [0.25, 0.3) is 0 Å². The molecule has 6 heteroatoms. The molecule has 0 fully saturated rings. The summed E-state index contributed by atoms with van der Waals surface area (Å²) in [6.45, 7) is 0.0835. The molecule has 0 heterocycles. The summed E-state index contributed by atoms with van der Waals surface area (Å²) in [6.07, 6.45) is -0.803. The first-order valence-electron chi connectivity index (χ1n) is 6.39. The van der Waals surface area contributed by atoms with E-state index in [4.69, 9.17) is 17.3 Å². The molecule has 2 aromatic carbocycles. The van der Waals surface area contributed by atoms with E-state index in [0.717, 1.165) is 0 Å². The number of benzene rings is 2. The van der Waals surface area contributed by atoms with Gasteiger partial charge >= 0.3 is 6.03 Å². The van der Waals surface area contributed by atoms with Crippen LogP contribution >= 0.6 is 11.6 Å². The number of aliphatic hydroxyl groups is 1. The fourth-order valence-corrected chi connectivity index (χ4v) is 1.94. The molecule has 0 aliphatic rings. The first kappa shape index (κ1) is 15.2. The van der Waals surface area contributed by atoms with Crippen LogP contribution in [-0.4, -0.2) is 17.7 Å². The van der Waals surface area contributed by atoms with Crippen LogP contribution in [0.15, 0.2) is 48.5 Å². The van der Waals surface area contributed by atoms with Gasteiger partial charge in [-0.3, -0.25) is 0 Å². The third kappa shape index (κ3) is 4.37. The molecule has 0 bridgehead atoms. The lowest BCUT2D eigenvalue weighted by atomic mass is 10.1. The maximum Gasteiger partial charge on any atom is 0.319 e. The largest absolute Gasteiger partial charge is 0.399 e. The quantitative estimate of drug-likeness (QED) is 0.655. The van der Waals surface area contributed by atoms with Crippen molar-refractivity contribution in [2.24, 2.45) is 0 Å². The second-order valence-electron chi connectivity index (χ2n) is 4.50. The maximum atomic E-state index is 11.7. The minimum atomic E-state index is -0.803. The van der Waals surface area contributed by atoms with Crippen LogP contribution in [0.4, 0.5) is 16.2 Å². The van der Waals surface area contributed by atoms with E-state index in [0.29, 0.717) is 22.0 Å². The molecule has 5 nitrogen and oxygen atoms in total. The molecule has 0 aromatic heterocycles. The summed E-state index contributed by atoms with van der Waals surface area (Å²) in [5, 5.41) is 15.6. The van der Waals surface area contributed by atoms with E-state index in [2.05, 4.69) is 10.6 Å². The average Bonchev–Trinajstić information content (AvgIpc) is 2.48. The van der Waals surface area contributed by atoms with Crippen molar-refractivity contribution in [3.8, 4) is 0 Å². The van der Waals surface area contributed by atoms with E-state index in [9.17, 15) is 9.90 Å². The number of para-hydroxylation sites is 1. The van der Waals surface area contributed by atoms with Gasteiger partial charge in [-0.15, -0.1) is 0 Å². The van der Waals surface area contributed by atoms with Gasteiger partial charge in [-0.05, 0) is 29.8 Å². The monoisotopic (exact) mass is 305 g/mol. The van der Waals surface area contributed by atoms with Crippen LogP contribution in [-0.2, 0) is 0 Å². The molecule has 0 aliphatic carbocycles. The number of anilines is 2. The van der Waals surface area contributed by atoms with E-state index < -0.39 is 12.1 Å². The maximum absolute atomic E-state index is 11.7. The minimum Gasteiger partial charge on any atom is -0.399 e. The fraction of sp³-hybridized carbons (Fsp3) is 0.133. The van der Waals surface area contributed by atoms with Crippen molar-refractivity contribution < 1.29 is 9.90 Å². The Labute approximate surface area is 127 Å². The van der Waals surface area contributed by atoms with Gasteiger partial charge in [-0.2, -0.15) is 0 Å². The fourth-order valence-electron chi connectivity index (χ4n) is 1.75. The van der Waals surface area contributed by atoms with Crippen LogP contribution in [0.1, 0.15) is 11.7 Å². The van der Waals surface area contributed by atoms with E-state index >= 15 is 0 Å². The zero-order chi connectivity index (χ0) is 15.2. The van der Waals surface area contributed by atoms with Crippen molar-refractivity contribution in [2.75, 3.05) is 17.6 Å². The van der Waals surface area contributed by atoms with Gasteiger partial charge in [0, 0.05) is 12.2 Å². The van der Waals surface area contributed by atoms with Gasteiger partial charge < -0.3 is 21.5 Å². The highest BCUT2D eigenvalue weighted by Crippen LogP contribution is 2.20. The Hall–Kier alpha value is -2.24. The summed E-state index contributed by atoms with van der Waals surface area (Å²) in [7, 11) is 0. The number of rotatable bonds is 4. The number of nitrogens with two attached hydrogens (primary N) is 1. The van der Waals surface area contributed by atoms with Crippen LogP contribution in [0, 0.1) is 0 Å². The predicted molar refractivity (Wildman–Crippen MR) is 84.3 cm³/mol. The number of urea groups is 1. The molecule has 2 amide bonds. The zero-order valence-corrected chi connectivity index (χ0v) is 12.0. The molecule has 1 atom stereocenters. The lowest BCUT2D eigenvalue weighted by Gasteiger charge is -2.13. The molecule has 0 radical (unpaired) electrons. The topological polar surface area (TPSA) is 87.4 Å². The third-order valence-corrected chi connectivity index (χ3v) is 3.23. The summed E-state index contributed by atoms with van der Waals surface area (Å²) in [5.41, 5.74) is 7.39. The number of hydrogen-bond acceptors (Lipinski definition) is 3. The lowest BCUT2D eigenvalue weighted by molar-refractivity contribution is 0.175. The predicted octanol–water partition coefficient (Wildman–Crippen LogP) is 2.78. The standard InChI is InChI=1S/C15H16ClN3O2/c16-12-3-1-2-4-13(12)19-15(21)18-9-14(20)10-5-7-11(17)8-6-10/h1-8,14,20H,9,17H2,(H2,18,19,21). The number of aliphatic hydroxyl groups excluding tert-OH is 1. The Morgan fingerprint density at radius 3 is 2.52 bits per heavy atom. The normalized spacial score (nSPS) is 11.7. The number of hydrogen-bond donors (Lipinski definition) is 4. The molecule has 21 heavy (non-hydrogen) atoms. The molecule has 2 aromatic rings. The molecule has 2 rings (SSSR count). The Morgan fingerprint density at radius 2 is 1.86 bits per heavy atom. The molecule has 110 valence electrons. The van der Waals surface area contributed by atoms with Crippen molar-refractivity contribution in [2.45, 2.75) is 6.10 Å². The number of carbonyl (C=O) groups is 1. The van der Waals surface area contributed by atoms with E-state index in [1.807, 2.05) is 0 Å². The second kappa shape index (κ2) is 6.97. The third-order valence-electron chi connectivity index (χ3n) is 2.90. The number of amides is 2. The Bertz CT molecular complexity index is 617. The highest BCUT2D eigenvalue weighted by Gasteiger charge is 2.10. The SMILES string of the molecule is Nc1ccc(C(O)CNC(=O)Nc2ccccc2Cl)cc1. The first-order chi connectivity index (χ1) is 10.1. The van der Waals surface area contributed by atoms with Crippen molar-refractivity contribution in [1.82, 2.24) is 5.32 Å². The highest BCUT2D eigenvalue weighted by atomic mass is 35.5. The number of nitrogen functional groups attached to an aromatic ring is 1. The van der Waals surface area contributed by atoms with Gasteiger partial charge in [-0.25, -0.2) is 4.79 Å². The van der Waals surface area contributed by atoms with Crippen LogP contribution < -0.4 is 16.4 Å². The second-order valence-corrected chi connectivity index (χ2v) is 4.90. The molecular weight excluding hydrogens is 290 g/mol. The van der Waals surface area contributed by atoms with E-state index in [1.54, 1.807) is 48.5 Å². The number of carbonyl (C=O) groups excluding carboxylic acids is 1. The molecule has 1 unspecified atom stereocenters. The van der Waals surface area contributed by atoms with Gasteiger partial charge in [0.05, 0.1) is 16.8 Å². The van der Waals surface area contributed by atoms with Crippen molar-refractivity contribution in [3.63, 3.8) is 0 Å². The van der Waals surface area contributed by atoms with E-state index in [1.165, 1.54) is 0 Å². The summed E-state index contributed by atoms with van der Waals surface area (Å²) in [6, 6.07) is 13.3. The van der Waals surface area contributed by atoms with Gasteiger partial charge in [0.2, 0.25) is 0 Å². The summed E-state index contributed by atoms with van der Waals surface area (Å²) >= 11 is 5.94. The summed E-state index contributed by atoms with van der Waals surface area (Å²) in [5.74, 6) is 0. The van der Waals surface area contributed by atoms with Gasteiger partial charge in [-0.1, -0.05) is 35.9 Å². The minimum absolute atomic E-state index is 0.0835. The van der Waals surface area contributed by atoms with Crippen LogP contribution in [0.3, 0.4) is 0 Å². The molecule has 0 saturated carbocycles. The number of halogens is 1. The molecular formula is C15H16ClN3O2.